The molecule has 0 saturated heterocycles. The molecule has 0 aliphatic carbocycles. The summed E-state index contributed by atoms with van der Waals surface area (Å²) in [7, 11) is 0. The number of fused-ring (bicyclic) bond motifs is 2. The number of benzene rings is 1. The zero-order valence-corrected chi connectivity index (χ0v) is 11.3. The van der Waals surface area contributed by atoms with Gasteiger partial charge in [-0.25, -0.2) is 4.98 Å². The van der Waals surface area contributed by atoms with E-state index in [0.717, 1.165) is 28.1 Å². The predicted octanol–water partition coefficient (Wildman–Crippen LogP) is 2.94. The molecule has 0 spiro atoms. The lowest BCUT2D eigenvalue weighted by molar-refractivity contribution is -0.142. The van der Waals surface area contributed by atoms with Gasteiger partial charge in [0.25, 0.3) is 0 Å². The number of carboxylic acids is 1. The lowest BCUT2D eigenvalue weighted by Crippen LogP contribution is -2.26. The summed E-state index contributed by atoms with van der Waals surface area (Å²) in [4.78, 5) is 15.6. The van der Waals surface area contributed by atoms with Gasteiger partial charge in [-0.05, 0) is 18.6 Å². The summed E-state index contributed by atoms with van der Waals surface area (Å²) in [6, 6.07) is 7.90. The van der Waals surface area contributed by atoms with Gasteiger partial charge in [0.2, 0.25) is 0 Å². The van der Waals surface area contributed by atoms with Gasteiger partial charge in [-0.1, -0.05) is 12.1 Å². The van der Waals surface area contributed by atoms with Crippen molar-refractivity contribution < 1.29 is 14.3 Å². The van der Waals surface area contributed by atoms with Crippen LogP contribution < -0.4 is 0 Å². The summed E-state index contributed by atoms with van der Waals surface area (Å²) in [5.74, 6) is -0.204. The highest BCUT2D eigenvalue weighted by Crippen LogP contribution is 2.32. The molecule has 1 aromatic carbocycles. The Hall–Kier alpha value is -2.56. The number of rotatable bonds is 2. The van der Waals surface area contributed by atoms with Gasteiger partial charge >= 0.3 is 5.97 Å². The molecular formula is C16H14N2O3. The minimum atomic E-state index is -0.734. The third kappa shape index (κ3) is 1.85. The summed E-state index contributed by atoms with van der Waals surface area (Å²) < 4.78 is 7.57. The fourth-order valence-electron chi connectivity index (χ4n) is 3.08. The van der Waals surface area contributed by atoms with Crippen molar-refractivity contribution in [1.82, 2.24) is 9.55 Å². The molecule has 1 aliphatic heterocycles. The SMILES string of the molecule is O=C(O)C1CCn2c(-c3cccc4occc34)cnc2C1. The Morgan fingerprint density at radius 2 is 2.29 bits per heavy atom. The van der Waals surface area contributed by atoms with Crippen LogP contribution in [0.4, 0.5) is 0 Å². The highest BCUT2D eigenvalue weighted by atomic mass is 16.4. The largest absolute Gasteiger partial charge is 0.481 e. The second-order valence-electron chi connectivity index (χ2n) is 5.38. The van der Waals surface area contributed by atoms with Gasteiger partial charge in [-0.15, -0.1) is 0 Å². The molecule has 0 radical (unpaired) electrons. The molecule has 2 aromatic heterocycles. The van der Waals surface area contributed by atoms with Crippen molar-refractivity contribution in [3.8, 4) is 11.3 Å². The van der Waals surface area contributed by atoms with Gasteiger partial charge in [0.1, 0.15) is 11.4 Å². The van der Waals surface area contributed by atoms with Crippen molar-refractivity contribution in [2.75, 3.05) is 0 Å². The summed E-state index contributed by atoms with van der Waals surface area (Å²) >= 11 is 0. The topological polar surface area (TPSA) is 68.3 Å². The molecule has 4 rings (SSSR count). The van der Waals surface area contributed by atoms with Crippen LogP contribution in [0.1, 0.15) is 12.2 Å². The Morgan fingerprint density at radius 1 is 1.38 bits per heavy atom. The highest BCUT2D eigenvalue weighted by molar-refractivity contribution is 5.93. The number of nitrogens with zero attached hydrogens (tertiary/aromatic N) is 2. The van der Waals surface area contributed by atoms with E-state index in [0.29, 0.717) is 19.4 Å². The number of carboxylic acid groups (broad SMARTS) is 1. The zero-order chi connectivity index (χ0) is 14.4. The molecule has 0 saturated carbocycles. The normalized spacial score (nSPS) is 17.8. The fourth-order valence-corrected chi connectivity index (χ4v) is 3.08. The lowest BCUT2D eigenvalue weighted by atomic mass is 9.97. The van der Waals surface area contributed by atoms with E-state index in [1.54, 1.807) is 6.26 Å². The van der Waals surface area contributed by atoms with Crippen LogP contribution in [0.25, 0.3) is 22.2 Å². The molecule has 1 aliphatic rings. The Balaban J connectivity index is 1.82. The van der Waals surface area contributed by atoms with Crippen molar-refractivity contribution in [2.24, 2.45) is 5.92 Å². The highest BCUT2D eigenvalue weighted by Gasteiger charge is 2.27. The van der Waals surface area contributed by atoms with E-state index in [2.05, 4.69) is 9.55 Å². The third-order valence-corrected chi connectivity index (χ3v) is 4.19. The van der Waals surface area contributed by atoms with E-state index in [1.165, 1.54) is 0 Å². The number of aromatic nitrogens is 2. The molecule has 1 atom stereocenters. The Bertz CT molecular complexity index is 831. The van der Waals surface area contributed by atoms with E-state index in [9.17, 15) is 4.79 Å². The zero-order valence-electron chi connectivity index (χ0n) is 11.3. The summed E-state index contributed by atoms with van der Waals surface area (Å²) in [6.45, 7) is 0.690. The summed E-state index contributed by atoms with van der Waals surface area (Å²) in [5.41, 5.74) is 2.96. The molecular weight excluding hydrogens is 268 g/mol. The smallest absolute Gasteiger partial charge is 0.307 e. The van der Waals surface area contributed by atoms with E-state index in [1.807, 2.05) is 30.5 Å². The lowest BCUT2D eigenvalue weighted by Gasteiger charge is -2.21. The van der Waals surface area contributed by atoms with Gasteiger partial charge in [-0.2, -0.15) is 0 Å². The molecule has 3 heterocycles. The Kier molecular flexibility index (Phi) is 2.60. The summed E-state index contributed by atoms with van der Waals surface area (Å²) in [6.07, 6.45) is 4.66. The quantitative estimate of drug-likeness (QED) is 0.784. The third-order valence-electron chi connectivity index (χ3n) is 4.19. The maximum atomic E-state index is 11.1. The van der Waals surface area contributed by atoms with Gasteiger partial charge in [0.15, 0.2) is 0 Å². The van der Waals surface area contributed by atoms with Crippen LogP contribution in [0.2, 0.25) is 0 Å². The molecule has 0 bridgehead atoms. The second kappa shape index (κ2) is 4.48. The first-order valence-corrected chi connectivity index (χ1v) is 6.98. The molecule has 5 heteroatoms. The first-order valence-electron chi connectivity index (χ1n) is 6.98. The molecule has 106 valence electrons. The Morgan fingerprint density at radius 3 is 3.14 bits per heavy atom. The van der Waals surface area contributed by atoms with Crippen molar-refractivity contribution in [1.29, 1.82) is 0 Å². The number of hydrogen-bond acceptors (Lipinski definition) is 3. The molecule has 5 nitrogen and oxygen atoms in total. The van der Waals surface area contributed by atoms with E-state index in [4.69, 9.17) is 9.52 Å². The molecule has 1 N–H and O–H groups in total. The molecule has 1 unspecified atom stereocenters. The minimum absolute atomic E-state index is 0.322. The molecule has 0 fully saturated rings. The van der Waals surface area contributed by atoms with Crippen LogP contribution in [0.5, 0.6) is 0 Å². The van der Waals surface area contributed by atoms with E-state index in [-0.39, 0.29) is 5.92 Å². The van der Waals surface area contributed by atoms with Crippen LogP contribution in [0.3, 0.4) is 0 Å². The van der Waals surface area contributed by atoms with Crippen LogP contribution in [0.15, 0.2) is 41.1 Å². The van der Waals surface area contributed by atoms with Gasteiger partial charge in [0.05, 0.1) is 24.1 Å². The van der Waals surface area contributed by atoms with Crippen LogP contribution in [-0.2, 0) is 17.8 Å². The van der Waals surface area contributed by atoms with Gasteiger partial charge < -0.3 is 14.1 Å². The fraction of sp³-hybridized carbons (Fsp3) is 0.250. The van der Waals surface area contributed by atoms with Crippen molar-refractivity contribution in [3.05, 3.63) is 42.5 Å². The average molecular weight is 282 g/mol. The molecule has 0 amide bonds. The number of hydrogen-bond donors (Lipinski definition) is 1. The maximum absolute atomic E-state index is 11.1. The average Bonchev–Trinajstić information content (AvgIpc) is 3.12. The van der Waals surface area contributed by atoms with Crippen molar-refractivity contribution in [3.63, 3.8) is 0 Å². The van der Waals surface area contributed by atoms with Gasteiger partial charge in [0, 0.05) is 23.9 Å². The first-order chi connectivity index (χ1) is 10.2. The molecule has 3 aromatic rings. The van der Waals surface area contributed by atoms with Crippen molar-refractivity contribution >= 4 is 16.9 Å². The van der Waals surface area contributed by atoms with Crippen molar-refractivity contribution in [2.45, 2.75) is 19.4 Å². The van der Waals surface area contributed by atoms with E-state index < -0.39 is 5.97 Å². The minimum Gasteiger partial charge on any atom is -0.481 e. The number of imidazole rings is 1. The van der Waals surface area contributed by atoms with Crippen LogP contribution in [-0.4, -0.2) is 20.6 Å². The Labute approximate surface area is 120 Å². The number of carbonyl (C=O) groups is 1. The standard InChI is InChI=1S/C16H14N2O3/c19-16(20)10-4-6-18-13(9-17-15(18)8-10)11-2-1-3-14-12(11)5-7-21-14/h1-3,5,7,9-10H,4,6,8H2,(H,19,20). The van der Waals surface area contributed by atoms with Crippen LogP contribution >= 0.6 is 0 Å². The first kappa shape index (κ1) is 12.2. The second-order valence-corrected chi connectivity index (χ2v) is 5.38. The van der Waals surface area contributed by atoms with Gasteiger partial charge in [-0.3, -0.25) is 4.79 Å². The number of aliphatic carboxylic acids is 1. The summed E-state index contributed by atoms with van der Waals surface area (Å²) in [5, 5.41) is 10.2. The molecule has 21 heavy (non-hydrogen) atoms. The van der Waals surface area contributed by atoms with Crippen LogP contribution in [0, 0.1) is 5.92 Å². The number of furan rings is 1. The predicted molar refractivity (Wildman–Crippen MR) is 76.9 cm³/mol. The van der Waals surface area contributed by atoms with E-state index >= 15 is 0 Å². The maximum Gasteiger partial charge on any atom is 0.307 e. The monoisotopic (exact) mass is 282 g/mol.